The number of nitrogens with one attached hydrogen (secondary N) is 2. The molecule has 0 saturated carbocycles. The Morgan fingerprint density at radius 2 is 1.86 bits per heavy atom. The first-order chi connectivity index (χ1) is 17.9. The first-order valence-corrected chi connectivity index (χ1v) is 12.3. The maximum Gasteiger partial charge on any atom is 0.257 e. The summed E-state index contributed by atoms with van der Waals surface area (Å²) in [5.74, 6) is 0.565. The molecule has 2 N–H and O–H groups in total. The lowest BCUT2D eigenvalue weighted by Gasteiger charge is -2.42. The van der Waals surface area contributed by atoms with E-state index in [-0.39, 0.29) is 55.6 Å². The van der Waals surface area contributed by atoms with E-state index in [0.29, 0.717) is 36.4 Å². The number of rotatable bonds is 8. The second-order valence-electron chi connectivity index (χ2n) is 9.19. The molecule has 2 aromatic rings. The number of fused-ring (bicyclic) bond motifs is 2. The fourth-order valence-corrected chi connectivity index (χ4v) is 4.66. The molecule has 10 heteroatoms. The Labute approximate surface area is 216 Å². The van der Waals surface area contributed by atoms with E-state index >= 15 is 0 Å². The summed E-state index contributed by atoms with van der Waals surface area (Å²) < 4.78 is 22.2. The summed E-state index contributed by atoms with van der Waals surface area (Å²) in [6.07, 6.45) is 0.942. The maximum atomic E-state index is 13.3. The van der Waals surface area contributed by atoms with E-state index in [4.69, 9.17) is 18.9 Å². The topological polar surface area (TPSA) is 115 Å². The Bertz CT molecular complexity index is 1120. The quantitative estimate of drug-likeness (QED) is 0.559. The summed E-state index contributed by atoms with van der Waals surface area (Å²) in [6, 6.07) is 12.3. The van der Waals surface area contributed by atoms with Crippen LogP contribution in [0.2, 0.25) is 0 Å². The molecule has 0 aromatic heterocycles. The third-order valence-electron chi connectivity index (χ3n) is 6.63. The number of hydrogen-bond donors (Lipinski definition) is 2. The molecule has 10 nitrogen and oxygen atoms in total. The molecule has 3 atom stereocenters. The molecule has 3 amide bonds. The molecular formula is C27H33N3O7. The molecule has 0 unspecified atom stereocenters. The van der Waals surface area contributed by atoms with Crippen LogP contribution in [0.1, 0.15) is 35.2 Å². The van der Waals surface area contributed by atoms with Crippen molar-refractivity contribution in [1.29, 1.82) is 0 Å². The number of ether oxygens (including phenoxy) is 4. The molecule has 0 radical (unpaired) electrons. The Hall–Kier alpha value is -3.63. The van der Waals surface area contributed by atoms with Crippen molar-refractivity contribution in [2.24, 2.45) is 0 Å². The van der Waals surface area contributed by atoms with E-state index in [1.807, 2.05) is 24.3 Å². The highest BCUT2D eigenvalue weighted by molar-refractivity contribution is 6.00. The van der Waals surface area contributed by atoms with Crippen LogP contribution in [0.5, 0.6) is 11.5 Å². The van der Waals surface area contributed by atoms with Crippen molar-refractivity contribution < 1.29 is 33.3 Å². The number of carbonyl (C=O) groups excluding carboxylic acids is 3. The SMILES string of the molecule is COCC(=O)Nc1ccc2c(c1)C(=O)N(C)[C@H]1CC[C@H](CC(=O)NCc3ccc(OC)cc3)O[C@H]1CO2. The van der Waals surface area contributed by atoms with Crippen LogP contribution < -0.4 is 20.1 Å². The minimum Gasteiger partial charge on any atom is -0.497 e. The van der Waals surface area contributed by atoms with Gasteiger partial charge < -0.3 is 34.5 Å². The van der Waals surface area contributed by atoms with Gasteiger partial charge in [0, 0.05) is 26.4 Å². The predicted molar refractivity (Wildman–Crippen MR) is 136 cm³/mol. The van der Waals surface area contributed by atoms with Crippen molar-refractivity contribution in [2.75, 3.05) is 39.8 Å². The first-order valence-electron chi connectivity index (χ1n) is 12.3. The third kappa shape index (κ3) is 6.58. The van der Waals surface area contributed by atoms with Gasteiger partial charge in [0.1, 0.15) is 30.8 Å². The van der Waals surface area contributed by atoms with Gasteiger partial charge in [-0.15, -0.1) is 0 Å². The third-order valence-corrected chi connectivity index (χ3v) is 6.63. The number of nitrogens with zero attached hydrogens (tertiary/aromatic N) is 1. The Kier molecular flexibility index (Phi) is 8.62. The van der Waals surface area contributed by atoms with Gasteiger partial charge in [0.05, 0.1) is 31.2 Å². The van der Waals surface area contributed by atoms with Crippen molar-refractivity contribution in [1.82, 2.24) is 10.2 Å². The number of hydrogen-bond acceptors (Lipinski definition) is 7. The fraction of sp³-hybridized carbons (Fsp3) is 0.444. The van der Waals surface area contributed by atoms with Gasteiger partial charge in [0.15, 0.2) is 0 Å². The minimum atomic E-state index is -0.365. The first kappa shape index (κ1) is 26.4. The zero-order chi connectivity index (χ0) is 26.4. The van der Waals surface area contributed by atoms with Gasteiger partial charge in [-0.3, -0.25) is 14.4 Å². The van der Waals surface area contributed by atoms with Crippen molar-refractivity contribution in [3.63, 3.8) is 0 Å². The summed E-state index contributed by atoms with van der Waals surface area (Å²) in [6.45, 7) is 0.588. The van der Waals surface area contributed by atoms with E-state index < -0.39 is 0 Å². The lowest BCUT2D eigenvalue weighted by Crippen LogP contribution is -2.53. The number of amides is 3. The largest absolute Gasteiger partial charge is 0.497 e. The average molecular weight is 512 g/mol. The molecule has 2 aliphatic heterocycles. The van der Waals surface area contributed by atoms with Crippen molar-refractivity contribution in [3.05, 3.63) is 53.6 Å². The van der Waals surface area contributed by atoms with E-state index in [0.717, 1.165) is 11.3 Å². The Balaban J connectivity index is 1.35. The lowest BCUT2D eigenvalue weighted by atomic mass is 9.94. The monoisotopic (exact) mass is 511 g/mol. The molecule has 2 aliphatic rings. The van der Waals surface area contributed by atoms with Gasteiger partial charge in [-0.05, 0) is 48.7 Å². The number of benzene rings is 2. The second-order valence-corrected chi connectivity index (χ2v) is 9.19. The summed E-state index contributed by atoms with van der Waals surface area (Å²) in [7, 11) is 4.80. The van der Waals surface area contributed by atoms with Crippen molar-refractivity contribution in [3.8, 4) is 11.5 Å². The molecule has 4 rings (SSSR count). The van der Waals surface area contributed by atoms with Gasteiger partial charge in [-0.2, -0.15) is 0 Å². The van der Waals surface area contributed by atoms with Gasteiger partial charge in [0.2, 0.25) is 11.8 Å². The number of methoxy groups -OCH3 is 2. The summed E-state index contributed by atoms with van der Waals surface area (Å²) in [5, 5.41) is 5.65. The number of anilines is 1. The highest BCUT2D eigenvalue weighted by atomic mass is 16.5. The molecule has 198 valence electrons. The van der Waals surface area contributed by atoms with E-state index in [1.165, 1.54) is 7.11 Å². The zero-order valence-electron chi connectivity index (χ0n) is 21.3. The molecule has 1 saturated heterocycles. The average Bonchev–Trinajstić information content (AvgIpc) is 2.90. The Morgan fingerprint density at radius 1 is 1.08 bits per heavy atom. The standard InChI is InChI=1S/C27H33N3O7/c1-30-22-10-9-20(13-25(31)28-14-17-4-7-19(35-3)8-5-17)37-24(22)15-36-23-11-6-18(12-21(23)27(30)33)29-26(32)16-34-2/h4-8,11-12,20,22,24H,9-10,13-16H2,1-3H3,(H,28,31)(H,29,32)/t20-,22+,24+/m1/s1. The van der Waals surface area contributed by atoms with Gasteiger partial charge in [-0.1, -0.05) is 12.1 Å². The lowest BCUT2D eigenvalue weighted by molar-refractivity contribution is -0.134. The van der Waals surface area contributed by atoms with Crippen LogP contribution in [0.4, 0.5) is 5.69 Å². The molecule has 0 spiro atoms. The molecule has 0 bridgehead atoms. The van der Waals surface area contributed by atoms with E-state index in [9.17, 15) is 14.4 Å². The van der Waals surface area contributed by atoms with Crippen LogP contribution >= 0.6 is 0 Å². The summed E-state index contributed by atoms with van der Waals surface area (Å²) in [4.78, 5) is 39.4. The zero-order valence-corrected chi connectivity index (χ0v) is 21.3. The highest BCUT2D eigenvalue weighted by Crippen LogP contribution is 2.32. The molecule has 2 heterocycles. The van der Waals surface area contributed by atoms with E-state index in [1.54, 1.807) is 37.3 Å². The predicted octanol–water partition coefficient (Wildman–Crippen LogP) is 2.37. The Morgan fingerprint density at radius 3 is 2.59 bits per heavy atom. The molecule has 37 heavy (non-hydrogen) atoms. The maximum absolute atomic E-state index is 13.3. The molecule has 1 fully saturated rings. The molecular weight excluding hydrogens is 478 g/mol. The fourth-order valence-electron chi connectivity index (χ4n) is 4.66. The highest BCUT2D eigenvalue weighted by Gasteiger charge is 2.39. The second kappa shape index (κ2) is 12.1. The summed E-state index contributed by atoms with van der Waals surface area (Å²) in [5.41, 5.74) is 1.84. The number of likely N-dealkylation sites (N-methyl/N-ethyl adjacent to an activating group) is 1. The van der Waals surface area contributed by atoms with Crippen LogP contribution in [0.3, 0.4) is 0 Å². The van der Waals surface area contributed by atoms with Crippen LogP contribution in [-0.2, 0) is 25.6 Å². The van der Waals surface area contributed by atoms with E-state index in [2.05, 4.69) is 10.6 Å². The smallest absolute Gasteiger partial charge is 0.257 e. The minimum absolute atomic E-state index is 0.0802. The van der Waals surface area contributed by atoms with Crippen LogP contribution in [-0.4, -0.2) is 75.4 Å². The van der Waals surface area contributed by atoms with Crippen LogP contribution in [0.25, 0.3) is 0 Å². The van der Waals surface area contributed by atoms with Crippen molar-refractivity contribution >= 4 is 23.4 Å². The van der Waals surface area contributed by atoms with Gasteiger partial charge in [0.25, 0.3) is 5.91 Å². The number of carbonyl (C=O) groups is 3. The molecule has 2 aromatic carbocycles. The summed E-state index contributed by atoms with van der Waals surface area (Å²) >= 11 is 0. The van der Waals surface area contributed by atoms with Crippen molar-refractivity contribution in [2.45, 2.75) is 44.1 Å². The normalized spacial score (nSPS) is 21.0. The van der Waals surface area contributed by atoms with Crippen LogP contribution in [0, 0.1) is 0 Å². The van der Waals surface area contributed by atoms with Crippen LogP contribution in [0.15, 0.2) is 42.5 Å². The van der Waals surface area contributed by atoms with Gasteiger partial charge in [-0.25, -0.2) is 0 Å². The van der Waals surface area contributed by atoms with Gasteiger partial charge >= 0.3 is 0 Å². The molecule has 0 aliphatic carbocycles.